The zero-order valence-electron chi connectivity index (χ0n) is 5.54. The number of rotatable bonds is 0. The molecule has 0 unspecified atom stereocenters. The van der Waals surface area contributed by atoms with Gasteiger partial charge < -0.3 is 10.7 Å². The maximum atomic E-state index is 5.09. The van der Waals surface area contributed by atoms with Crippen molar-refractivity contribution < 1.29 is 0 Å². The zero-order valence-corrected chi connectivity index (χ0v) is 5.54. The van der Waals surface area contributed by atoms with Crippen molar-refractivity contribution in [3.63, 3.8) is 0 Å². The molecular formula is C6H11N3. The van der Waals surface area contributed by atoms with Gasteiger partial charge in [0.2, 0.25) is 0 Å². The van der Waals surface area contributed by atoms with Gasteiger partial charge in [-0.3, -0.25) is 0 Å². The van der Waals surface area contributed by atoms with E-state index in [4.69, 9.17) is 5.84 Å². The molecule has 1 rings (SSSR count). The fourth-order valence-electron chi connectivity index (χ4n) is 0.840. The van der Waals surface area contributed by atoms with Gasteiger partial charge in [-0.1, -0.05) is 6.08 Å². The van der Waals surface area contributed by atoms with Crippen molar-refractivity contribution in [2.24, 2.45) is 10.9 Å². The molecule has 2 N–H and O–H groups in total. The first-order valence-corrected chi connectivity index (χ1v) is 3.00. The third kappa shape index (κ3) is 1.22. The lowest BCUT2D eigenvalue weighted by molar-refractivity contribution is 0.505. The predicted octanol–water partition coefficient (Wildman–Crippen LogP) is 0.150. The molecule has 0 aromatic rings. The zero-order chi connectivity index (χ0) is 6.69. The van der Waals surface area contributed by atoms with Crippen molar-refractivity contribution >= 4 is 5.84 Å². The van der Waals surface area contributed by atoms with Gasteiger partial charge in [-0.05, 0) is 12.5 Å². The first-order valence-electron chi connectivity index (χ1n) is 3.00. The van der Waals surface area contributed by atoms with Crippen LogP contribution in [0.5, 0.6) is 0 Å². The van der Waals surface area contributed by atoms with Crippen molar-refractivity contribution in [1.82, 2.24) is 4.90 Å². The molecular weight excluding hydrogens is 114 g/mol. The van der Waals surface area contributed by atoms with E-state index in [0.29, 0.717) is 0 Å². The van der Waals surface area contributed by atoms with Gasteiger partial charge in [0.05, 0.1) is 0 Å². The number of hydrazone groups is 1. The normalized spacial score (nSPS) is 23.2. The number of likely N-dealkylation sites (N-methyl/N-ethyl adjacent to an activating group) is 1. The van der Waals surface area contributed by atoms with Crippen LogP contribution < -0.4 is 5.84 Å². The van der Waals surface area contributed by atoms with E-state index in [-0.39, 0.29) is 0 Å². The average Bonchev–Trinajstić information content (AvgIpc) is 1.89. The summed E-state index contributed by atoms with van der Waals surface area (Å²) < 4.78 is 0. The topological polar surface area (TPSA) is 41.6 Å². The second-order valence-electron chi connectivity index (χ2n) is 2.10. The fourth-order valence-corrected chi connectivity index (χ4v) is 0.840. The van der Waals surface area contributed by atoms with E-state index in [9.17, 15) is 0 Å². The fraction of sp³-hybridized carbons (Fsp3) is 0.500. The average molecular weight is 125 g/mol. The molecule has 9 heavy (non-hydrogen) atoms. The molecule has 0 radical (unpaired) electrons. The van der Waals surface area contributed by atoms with Crippen molar-refractivity contribution in [1.29, 1.82) is 0 Å². The molecule has 3 heteroatoms. The molecule has 0 spiro atoms. The van der Waals surface area contributed by atoms with E-state index < -0.39 is 0 Å². The summed E-state index contributed by atoms with van der Waals surface area (Å²) in [6.45, 7) is 1.02. The van der Waals surface area contributed by atoms with Gasteiger partial charge in [0.25, 0.3) is 0 Å². The number of nitrogens with two attached hydrogens (primary N) is 1. The SMILES string of the molecule is CN1CCC=CC1=NN. The van der Waals surface area contributed by atoms with Crippen LogP contribution in [0.3, 0.4) is 0 Å². The molecule has 0 saturated heterocycles. The van der Waals surface area contributed by atoms with E-state index >= 15 is 0 Å². The second-order valence-corrected chi connectivity index (χ2v) is 2.10. The number of amidine groups is 1. The number of nitrogens with zero attached hydrogens (tertiary/aromatic N) is 2. The maximum Gasteiger partial charge on any atom is 0.147 e. The highest BCUT2D eigenvalue weighted by Crippen LogP contribution is 1.99. The summed E-state index contributed by atoms with van der Waals surface area (Å²) in [5.41, 5.74) is 0. The first-order chi connectivity index (χ1) is 4.34. The van der Waals surface area contributed by atoms with E-state index in [1.54, 1.807) is 0 Å². The Morgan fingerprint density at radius 2 is 2.56 bits per heavy atom. The molecule has 1 aliphatic heterocycles. The molecule has 0 amide bonds. The van der Waals surface area contributed by atoms with Crippen LogP contribution in [-0.4, -0.2) is 24.3 Å². The third-order valence-electron chi connectivity index (χ3n) is 1.42. The molecule has 0 aromatic carbocycles. The monoisotopic (exact) mass is 125 g/mol. The maximum absolute atomic E-state index is 5.09. The van der Waals surface area contributed by atoms with Gasteiger partial charge in [0, 0.05) is 13.6 Å². The predicted molar refractivity (Wildman–Crippen MR) is 38.0 cm³/mol. The van der Waals surface area contributed by atoms with Crippen LogP contribution in [-0.2, 0) is 0 Å². The lowest BCUT2D eigenvalue weighted by Crippen LogP contribution is -2.29. The minimum absolute atomic E-state index is 0.862. The van der Waals surface area contributed by atoms with E-state index in [0.717, 1.165) is 18.8 Å². The largest absolute Gasteiger partial charge is 0.358 e. The molecule has 0 aliphatic carbocycles. The second kappa shape index (κ2) is 2.53. The lowest BCUT2D eigenvalue weighted by Gasteiger charge is -2.20. The van der Waals surface area contributed by atoms with Crippen LogP contribution >= 0.6 is 0 Å². The Balaban J connectivity index is 2.68. The summed E-state index contributed by atoms with van der Waals surface area (Å²) in [5, 5.41) is 3.58. The molecule has 0 bridgehead atoms. The van der Waals surface area contributed by atoms with Gasteiger partial charge in [0.1, 0.15) is 5.84 Å². The van der Waals surface area contributed by atoms with Gasteiger partial charge in [0.15, 0.2) is 0 Å². The first kappa shape index (κ1) is 6.13. The van der Waals surface area contributed by atoms with Crippen molar-refractivity contribution in [2.75, 3.05) is 13.6 Å². The van der Waals surface area contributed by atoms with Crippen molar-refractivity contribution in [3.05, 3.63) is 12.2 Å². The summed E-state index contributed by atoms with van der Waals surface area (Å²) in [4.78, 5) is 2.03. The summed E-state index contributed by atoms with van der Waals surface area (Å²) in [5.74, 6) is 5.95. The van der Waals surface area contributed by atoms with Gasteiger partial charge in [-0.15, -0.1) is 0 Å². The van der Waals surface area contributed by atoms with E-state index in [1.807, 2.05) is 18.0 Å². The van der Waals surface area contributed by atoms with Crippen LogP contribution in [0.25, 0.3) is 0 Å². The van der Waals surface area contributed by atoms with Gasteiger partial charge in [-0.2, -0.15) is 5.10 Å². The summed E-state index contributed by atoms with van der Waals surface area (Å²) in [6, 6.07) is 0. The number of hydrogen-bond acceptors (Lipinski definition) is 2. The highest BCUT2D eigenvalue weighted by molar-refractivity contribution is 5.93. The van der Waals surface area contributed by atoms with Crippen molar-refractivity contribution in [3.8, 4) is 0 Å². The molecule has 0 aromatic heterocycles. The molecule has 1 heterocycles. The van der Waals surface area contributed by atoms with Crippen LogP contribution in [0.4, 0.5) is 0 Å². The molecule has 0 atom stereocenters. The van der Waals surface area contributed by atoms with Crippen molar-refractivity contribution in [2.45, 2.75) is 6.42 Å². The Morgan fingerprint density at radius 3 is 3.00 bits per heavy atom. The van der Waals surface area contributed by atoms with E-state index in [1.165, 1.54) is 0 Å². The molecule has 0 fully saturated rings. The van der Waals surface area contributed by atoms with E-state index in [2.05, 4.69) is 11.2 Å². The Morgan fingerprint density at radius 1 is 1.78 bits per heavy atom. The third-order valence-corrected chi connectivity index (χ3v) is 1.42. The highest BCUT2D eigenvalue weighted by Gasteiger charge is 2.04. The standard InChI is InChI=1S/C6H11N3/c1-9-5-3-2-4-6(9)8-7/h2,4H,3,5,7H2,1H3. The Kier molecular flexibility index (Phi) is 1.72. The minimum atomic E-state index is 0.862. The lowest BCUT2D eigenvalue weighted by atomic mass is 10.2. The Labute approximate surface area is 54.8 Å². The van der Waals surface area contributed by atoms with Crippen LogP contribution in [0.1, 0.15) is 6.42 Å². The number of hydrogen-bond donors (Lipinski definition) is 1. The molecule has 0 saturated carbocycles. The highest BCUT2D eigenvalue weighted by atomic mass is 15.2. The Hall–Kier alpha value is -0.990. The Bertz CT molecular complexity index is 146. The summed E-state index contributed by atoms with van der Waals surface area (Å²) in [6.07, 6.45) is 5.10. The molecule has 1 aliphatic rings. The van der Waals surface area contributed by atoms with Gasteiger partial charge >= 0.3 is 0 Å². The van der Waals surface area contributed by atoms with Crippen LogP contribution in [0.2, 0.25) is 0 Å². The molecule has 50 valence electrons. The minimum Gasteiger partial charge on any atom is -0.358 e. The summed E-state index contributed by atoms with van der Waals surface area (Å²) in [7, 11) is 1.98. The smallest absolute Gasteiger partial charge is 0.147 e. The van der Waals surface area contributed by atoms with Crippen LogP contribution in [0, 0.1) is 0 Å². The summed E-state index contributed by atoms with van der Waals surface area (Å²) >= 11 is 0. The van der Waals surface area contributed by atoms with Gasteiger partial charge in [-0.25, -0.2) is 0 Å². The quantitative estimate of drug-likeness (QED) is 0.370. The van der Waals surface area contributed by atoms with Crippen LogP contribution in [0.15, 0.2) is 17.3 Å². The molecule has 3 nitrogen and oxygen atoms in total.